The first-order valence-electron chi connectivity index (χ1n) is 7.72. The summed E-state index contributed by atoms with van der Waals surface area (Å²) >= 11 is 0. The molecule has 20 heavy (non-hydrogen) atoms. The van der Waals surface area contributed by atoms with Crippen LogP contribution in [0.5, 0.6) is 0 Å². The second-order valence-electron chi connectivity index (χ2n) is 6.01. The van der Waals surface area contributed by atoms with Crippen LogP contribution in [0.3, 0.4) is 0 Å². The number of nitrogens with zero attached hydrogens (tertiary/aromatic N) is 4. The minimum atomic E-state index is 0.462. The lowest BCUT2D eigenvalue weighted by atomic mass is 10.0. The third-order valence-electron chi connectivity index (χ3n) is 4.70. The van der Waals surface area contributed by atoms with E-state index in [9.17, 15) is 0 Å². The molecule has 0 aromatic carbocycles. The zero-order valence-corrected chi connectivity index (χ0v) is 12.5. The lowest BCUT2D eigenvalue weighted by Crippen LogP contribution is -2.43. The molecule has 0 spiro atoms. The molecule has 1 aromatic heterocycles. The van der Waals surface area contributed by atoms with E-state index in [4.69, 9.17) is 4.98 Å². The van der Waals surface area contributed by atoms with Gasteiger partial charge in [0.1, 0.15) is 5.82 Å². The van der Waals surface area contributed by atoms with Gasteiger partial charge < -0.3 is 10.2 Å². The van der Waals surface area contributed by atoms with Crippen LogP contribution in [-0.4, -0.2) is 59.5 Å². The molecule has 3 heterocycles. The van der Waals surface area contributed by atoms with Crippen LogP contribution in [0.2, 0.25) is 0 Å². The molecule has 1 unspecified atom stereocenters. The molecule has 0 bridgehead atoms. The van der Waals surface area contributed by atoms with Gasteiger partial charge in [-0.25, -0.2) is 4.98 Å². The average Bonchev–Trinajstić information content (AvgIpc) is 2.97. The van der Waals surface area contributed by atoms with Crippen LogP contribution in [0.25, 0.3) is 0 Å². The number of aromatic nitrogens is 2. The van der Waals surface area contributed by atoms with Crippen molar-refractivity contribution < 1.29 is 0 Å². The molecule has 3 rings (SSSR count). The SMILES string of the molecule is CNc1cncc(C2CCCN2C2CCN(C)CC2)n1. The van der Waals surface area contributed by atoms with Gasteiger partial charge in [-0.15, -0.1) is 0 Å². The monoisotopic (exact) mass is 275 g/mol. The van der Waals surface area contributed by atoms with Crippen molar-refractivity contribution in [2.45, 2.75) is 37.8 Å². The van der Waals surface area contributed by atoms with E-state index in [1.807, 2.05) is 13.2 Å². The summed E-state index contributed by atoms with van der Waals surface area (Å²) in [5.41, 5.74) is 1.13. The third-order valence-corrected chi connectivity index (χ3v) is 4.70. The Labute approximate surface area is 121 Å². The van der Waals surface area contributed by atoms with Crippen LogP contribution in [0.1, 0.15) is 37.4 Å². The smallest absolute Gasteiger partial charge is 0.144 e. The molecule has 2 aliphatic heterocycles. The Kier molecular flexibility index (Phi) is 4.17. The maximum Gasteiger partial charge on any atom is 0.144 e. The number of piperidine rings is 1. The van der Waals surface area contributed by atoms with Gasteiger partial charge in [0.25, 0.3) is 0 Å². The second kappa shape index (κ2) is 6.06. The summed E-state index contributed by atoms with van der Waals surface area (Å²) in [5.74, 6) is 0.873. The number of anilines is 1. The molecule has 1 atom stereocenters. The summed E-state index contributed by atoms with van der Waals surface area (Å²) < 4.78 is 0. The maximum atomic E-state index is 4.71. The topological polar surface area (TPSA) is 44.3 Å². The van der Waals surface area contributed by atoms with Gasteiger partial charge in [0, 0.05) is 13.1 Å². The predicted molar refractivity (Wildman–Crippen MR) is 80.8 cm³/mol. The van der Waals surface area contributed by atoms with Crippen LogP contribution in [0.4, 0.5) is 5.82 Å². The first-order chi connectivity index (χ1) is 9.78. The number of hydrogen-bond acceptors (Lipinski definition) is 5. The fourth-order valence-corrected chi connectivity index (χ4v) is 3.53. The van der Waals surface area contributed by atoms with Crippen LogP contribution in [-0.2, 0) is 0 Å². The van der Waals surface area contributed by atoms with E-state index in [0.717, 1.165) is 17.6 Å². The van der Waals surface area contributed by atoms with E-state index in [-0.39, 0.29) is 0 Å². The van der Waals surface area contributed by atoms with E-state index in [1.165, 1.54) is 45.3 Å². The van der Waals surface area contributed by atoms with Gasteiger partial charge in [0.05, 0.1) is 24.1 Å². The van der Waals surface area contributed by atoms with Crippen LogP contribution < -0.4 is 5.32 Å². The van der Waals surface area contributed by atoms with Crippen LogP contribution in [0.15, 0.2) is 12.4 Å². The highest BCUT2D eigenvalue weighted by molar-refractivity contribution is 5.31. The van der Waals surface area contributed by atoms with Crippen molar-refractivity contribution in [3.05, 3.63) is 18.1 Å². The van der Waals surface area contributed by atoms with Gasteiger partial charge in [-0.1, -0.05) is 0 Å². The molecule has 1 N–H and O–H groups in total. The molecule has 5 heteroatoms. The number of rotatable bonds is 3. The van der Waals surface area contributed by atoms with Crippen molar-refractivity contribution in [1.29, 1.82) is 0 Å². The molecule has 1 aromatic rings. The normalized spacial score (nSPS) is 26.0. The second-order valence-corrected chi connectivity index (χ2v) is 6.01. The summed E-state index contributed by atoms with van der Waals surface area (Å²) in [6.07, 6.45) is 8.80. The zero-order chi connectivity index (χ0) is 13.9. The fourth-order valence-electron chi connectivity index (χ4n) is 3.53. The van der Waals surface area contributed by atoms with Gasteiger partial charge >= 0.3 is 0 Å². The number of likely N-dealkylation sites (tertiary alicyclic amines) is 2. The summed E-state index contributed by atoms with van der Waals surface area (Å²) in [6, 6.07) is 1.18. The molecule has 2 aliphatic rings. The van der Waals surface area contributed by atoms with Crippen molar-refractivity contribution >= 4 is 5.82 Å². The van der Waals surface area contributed by atoms with Crippen molar-refractivity contribution in [2.75, 3.05) is 39.0 Å². The highest BCUT2D eigenvalue weighted by Crippen LogP contribution is 2.35. The Morgan fingerprint density at radius 3 is 2.70 bits per heavy atom. The molecule has 110 valence electrons. The zero-order valence-electron chi connectivity index (χ0n) is 12.5. The maximum absolute atomic E-state index is 4.71. The molecule has 5 nitrogen and oxygen atoms in total. The standard InChI is InChI=1S/C15H25N5/c1-16-15-11-17-10-13(18-15)14-4-3-7-20(14)12-5-8-19(2)9-6-12/h10-12,14H,3-9H2,1-2H3,(H,16,18). The largest absolute Gasteiger partial charge is 0.372 e. The number of nitrogens with one attached hydrogen (secondary N) is 1. The third kappa shape index (κ3) is 2.79. The van der Waals surface area contributed by atoms with Crippen molar-refractivity contribution in [3.8, 4) is 0 Å². The Balaban J connectivity index is 1.74. The lowest BCUT2D eigenvalue weighted by Gasteiger charge is -2.38. The Morgan fingerprint density at radius 1 is 1.15 bits per heavy atom. The highest BCUT2D eigenvalue weighted by Gasteiger charge is 2.34. The van der Waals surface area contributed by atoms with Gasteiger partial charge in [-0.2, -0.15) is 0 Å². The number of hydrogen-bond donors (Lipinski definition) is 1. The van der Waals surface area contributed by atoms with E-state index in [0.29, 0.717) is 6.04 Å². The molecule has 0 aliphatic carbocycles. The Hall–Kier alpha value is -1.20. The highest BCUT2D eigenvalue weighted by atomic mass is 15.2. The molecule has 0 radical (unpaired) electrons. The average molecular weight is 275 g/mol. The summed E-state index contributed by atoms with van der Waals surface area (Å²) in [5, 5.41) is 3.09. The fraction of sp³-hybridized carbons (Fsp3) is 0.733. The van der Waals surface area contributed by atoms with Crippen LogP contribution in [0, 0.1) is 0 Å². The van der Waals surface area contributed by atoms with Crippen molar-refractivity contribution in [1.82, 2.24) is 19.8 Å². The minimum absolute atomic E-state index is 0.462. The van der Waals surface area contributed by atoms with E-state index in [2.05, 4.69) is 27.1 Å². The lowest BCUT2D eigenvalue weighted by molar-refractivity contribution is 0.108. The predicted octanol–water partition coefficient (Wildman–Crippen LogP) is 1.75. The van der Waals surface area contributed by atoms with E-state index in [1.54, 1.807) is 6.20 Å². The van der Waals surface area contributed by atoms with Crippen molar-refractivity contribution in [3.63, 3.8) is 0 Å². The molecule has 0 saturated carbocycles. The molecule has 2 fully saturated rings. The first kappa shape index (κ1) is 13.8. The summed E-state index contributed by atoms with van der Waals surface area (Å²) in [6.45, 7) is 3.65. The summed E-state index contributed by atoms with van der Waals surface area (Å²) in [4.78, 5) is 14.1. The summed E-state index contributed by atoms with van der Waals surface area (Å²) in [7, 11) is 4.12. The Morgan fingerprint density at radius 2 is 1.95 bits per heavy atom. The van der Waals surface area contributed by atoms with E-state index >= 15 is 0 Å². The minimum Gasteiger partial charge on any atom is -0.372 e. The molecular weight excluding hydrogens is 250 g/mol. The van der Waals surface area contributed by atoms with Gasteiger partial charge in [-0.3, -0.25) is 9.88 Å². The molecular formula is C15H25N5. The van der Waals surface area contributed by atoms with Gasteiger partial charge in [-0.05, 0) is 52.4 Å². The van der Waals surface area contributed by atoms with Crippen LogP contribution >= 0.6 is 0 Å². The molecule has 0 amide bonds. The Bertz CT molecular complexity index is 442. The molecule has 2 saturated heterocycles. The van der Waals surface area contributed by atoms with Gasteiger partial charge in [0.2, 0.25) is 0 Å². The van der Waals surface area contributed by atoms with E-state index < -0.39 is 0 Å². The quantitative estimate of drug-likeness (QED) is 0.910. The first-order valence-corrected chi connectivity index (χ1v) is 7.72. The van der Waals surface area contributed by atoms with Gasteiger partial charge in [0.15, 0.2) is 0 Å². The van der Waals surface area contributed by atoms with Crippen molar-refractivity contribution in [2.24, 2.45) is 0 Å².